The predicted molar refractivity (Wildman–Crippen MR) is 46.5 cm³/mol. The number of aromatic amines is 1. The van der Waals surface area contributed by atoms with Gasteiger partial charge < -0.3 is 0 Å². The van der Waals surface area contributed by atoms with Crippen LogP contribution in [0.2, 0.25) is 0 Å². The van der Waals surface area contributed by atoms with Gasteiger partial charge in [0.25, 0.3) is 17.4 Å². The first-order valence-corrected chi connectivity index (χ1v) is 3.80. The fraction of sp³-hybridized carbons (Fsp3) is 0. The second kappa shape index (κ2) is 2.91. The molecule has 0 unspecified atom stereocenters. The molecular weight excluding hydrogens is 186 g/mol. The van der Waals surface area contributed by atoms with Gasteiger partial charge >= 0.3 is 0 Å². The van der Waals surface area contributed by atoms with E-state index in [-0.39, 0.29) is 11.4 Å². The Kier molecular flexibility index (Phi) is 1.74. The van der Waals surface area contributed by atoms with Crippen LogP contribution in [0.15, 0.2) is 29.1 Å². The molecule has 0 radical (unpaired) electrons. The molecule has 0 spiro atoms. The van der Waals surface area contributed by atoms with Gasteiger partial charge in [0.2, 0.25) is 0 Å². The smallest absolute Gasteiger partial charge is 0.264 e. The van der Waals surface area contributed by atoms with Crippen LogP contribution in [-0.2, 0) is 9.59 Å². The van der Waals surface area contributed by atoms with E-state index in [0.717, 1.165) is 17.1 Å². The largest absolute Gasteiger partial charge is 0.269 e. The molecule has 2 heterocycles. The van der Waals surface area contributed by atoms with Gasteiger partial charge in [0.05, 0.1) is 0 Å². The summed E-state index contributed by atoms with van der Waals surface area (Å²) in [6.07, 6.45) is 2.30. The van der Waals surface area contributed by atoms with Crippen LogP contribution < -0.4 is 10.5 Å². The van der Waals surface area contributed by atoms with Gasteiger partial charge in [0.15, 0.2) is 5.82 Å². The van der Waals surface area contributed by atoms with Crippen molar-refractivity contribution in [3.8, 4) is 0 Å². The number of amides is 2. The molecule has 2 rings (SSSR count). The van der Waals surface area contributed by atoms with Gasteiger partial charge in [-0.15, -0.1) is 0 Å². The quantitative estimate of drug-likeness (QED) is 0.589. The maximum atomic E-state index is 11.2. The van der Waals surface area contributed by atoms with Crippen molar-refractivity contribution in [3.05, 3.63) is 34.6 Å². The molecule has 1 aliphatic heterocycles. The van der Waals surface area contributed by atoms with Gasteiger partial charge in [-0.25, -0.2) is 10.00 Å². The number of nitrogens with zero attached hydrogens (tertiary/aromatic N) is 2. The Morgan fingerprint density at radius 2 is 1.71 bits per heavy atom. The van der Waals surface area contributed by atoms with Crippen molar-refractivity contribution in [1.29, 1.82) is 0 Å². The summed E-state index contributed by atoms with van der Waals surface area (Å²) in [6.45, 7) is 0. The number of anilines is 1. The highest BCUT2D eigenvalue weighted by Crippen LogP contribution is 2.12. The van der Waals surface area contributed by atoms with Crippen molar-refractivity contribution in [3.63, 3.8) is 0 Å². The minimum atomic E-state index is -0.463. The van der Waals surface area contributed by atoms with Crippen molar-refractivity contribution in [2.24, 2.45) is 0 Å². The van der Waals surface area contributed by atoms with Crippen LogP contribution in [0.25, 0.3) is 0 Å². The average molecular weight is 191 g/mol. The summed E-state index contributed by atoms with van der Waals surface area (Å²) >= 11 is 0. The van der Waals surface area contributed by atoms with Crippen molar-refractivity contribution in [2.75, 3.05) is 4.90 Å². The molecular formula is C8H5N3O3. The Morgan fingerprint density at radius 3 is 2.21 bits per heavy atom. The van der Waals surface area contributed by atoms with E-state index in [2.05, 4.69) is 10.2 Å². The van der Waals surface area contributed by atoms with Crippen molar-refractivity contribution in [1.82, 2.24) is 10.2 Å². The van der Waals surface area contributed by atoms with Crippen molar-refractivity contribution < 1.29 is 9.59 Å². The minimum Gasteiger partial charge on any atom is -0.269 e. The first kappa shape index (κ1) is 8.36. The monoisotopic (exact) mass is 191 g/mol. The topological polar surface area (TPSA) is 83.1 Å². The first-order valence-electron chi connectivity index (χ1n) is 3.80. The lowest BCUT2D eigenvalue weighted by molar-refractivity contribution is -0.120. The molecule has 70 valence electrons. The van der Waals surface area contributed by atoms with E-state index in [1.165, 1.54) is 12.1 Å². The number of hydrogen-bond acceptors (Lipinski definition) is 4. The van der Waals surface area contributed by atoms with Crippen LogP contribution >= 0.6 is 0 Å². The Balaban J connectivity index is 2.41. The van der Waals surface area contributed by atoms with Gasteiger partial charge in [-0.2, -0.15) is 5.10 Å². The number of rotatable bonds is 1. The van der Waals surface area contributed by atoms with E-state index in [0.29, 0.717) is 0 Å². The lowest BCUT2D eigenvalue weighted by atomic mass is 10.4. The van der Waals surface area contributed by atoms with E-state index >= 15 is 0 Å². The SMILES string of the molecule is O=C1C=CC(=O)N1c1ccc(=O)[nH]n1. The third kappa shape index (κ3) is 1.22. The number of nitrogens with one attached hydrogen (secondary N) is 1. The molecule has 0 bridgehead atoms. The summed E-state index contributed by atoms with van der Waals surface area (Å²) in [6, 6.07) is 2.50. The third-order valence-corrected chi connectivity index (χ3v) is 1.70. The second-order valence-electron chi connectivity index (χ2n) is 2.62. The molecule has 0 atom stereocenters. The molecule has 1 N–H and O–H groups in total. The molecule has 1 aromatic heterocycles. The highest BCUT2D eigenvalue weighted by Gasteiger charge is 2.26. The van der Waals surface area contributed by atoms with Crippen LogP contribution in [0.4, 0.5) is 5.82 Å². The molecule has 0 aromatic carbocycles. The van der Waals surface area contributed by atoms with E-state index < -0.39 is 11.8 Å². The summed E-state index contributed by atoms with van der Waals surface area (Å²) in [5, 5.41) is 5.71. The molecule has 1 aliphatic rings. The summed E-state index contributed by atoms with van der Waals surface area (Å²) in [4.78, 5) is 33.9. The Hall–Kier alpha value is -2.24. The third-order valence-electron chi connectivity index (χ3n) is 1.70. The van der Waals surface area contributed by atoms with E-state index in [4.69, 9.17) is 0 Å². The average Bonchev–Trinajstić information content (AvgIpc) is 2.49. The number of H-pyrrole nitrogens is 1. The fourth-order valence-electron chi connectivity index (χ4n) is 1.09. The maximum absolute atomic E-state index is 11.2. The highest BCUT2D eigenvalue weighted by molar-refractivity contribution is 6.27. The van der Waals surface area contributed by atoms with E-state index in [9.17, 15) is 14.4 Å². The maximum Gasteiger partial charge on any atom is 0.264 e. The lowest BCUT2D eigenvalue weighted by Gasteiger charge is -2.10. The van der Waals surface area contributed by atoms with Crippen molar-refractivity contribution in [2.45, 2.75) is 0 Å². The molecule has 6 nitrogen and oxygen atoms in total. The van der Waals surface area contributed by atoms with Crippen LogP contribution in [0.1, 0.15) is 0 Å². The van der Waals surface area contributed by atoms with Crippen LogP contribution in [0, 0.1) is 0 Å². The standard InChI is InChI=1S/C8H5N3O3/c12-6-2-1-5(9-10-6)11-7(13)3-4-8(11)14/h1-4H,(H,10,12). The number of hydrogen-bond donors (Lipinski definition) is 1. The second-order valence-corrected chi connectivity index (χ2v) is 2.62. The van der Waals surface area contributed by atoms with Crippen molar-refractivity contribution >= 4 is 17.6 Å². The Labute approximate surface area is 77.8 Å². The zero-order valence-electron chi connectivity index (χ0n) is 6.93. The van der Waals surface area contributed by atoms with E-state index in [1.54, 1.807) is 0 Å². The Morgan fingerprint density at radius 1 is 1.07 bits per heavy atom. The summed E-state index contributed by atoms with van der Waals surface area (Å²) in [5.74, 6) is -0.811. The minimum absolute atomic E-state index is 0.115. The van der Waals surface area contributed by atoms with Crippen LogP contribution in [-0.4, -0.2) is 22.0 Å². The fourth-order valence-corrected chi connectivity index (χ4v) is 1.09. The van der Waals surface area contributed by atoms with Gasteiger partial charge in [-0.05, 0) is 6.07 Å². The highest BCUT2D eigenvalue weighted by atomic mass is 16.2. The number of imide groups is 1. The molecule has 2 amide bonds. The number of carbonyl (C=O) groups excluding carboxylic acids is 2. The number of carbonyl (C=O) groups is 2. The lowest BCUT2D eigenvalue weighted by Crippen LogP contribution is -2.31. The molecule has 0 saturated carbocycles. The molecule has 0 saturated heterocycles. The normalized spacial score (nSPS) is 15.3. The van der Waals surface area contributed by atoms with Gasteiger partial charge in [0, 0.05) is 18.2 Å². The van der Waals surface area contributed by atoms with Gasteiger partial charge in [-0.3, -0.25) is 14.4 Å². The molecule has 0 fully saturated rings. The first-order chi connectivity index (χ1) is 6.68. The summed E-state index contributed by atoms with van der Waals surface area (Å²) < 4.78 is 0. The summed E-state index contributed by atoms with van der Waals surface area (Å²) in [7, 11) is 0. The molecule has 14 heavy (non-hydrogen) atoms. The predicted octanol–water partition coefficient (Wildman–Crippen LogP) is -0.801. The molecule has 1 aromatic rings. The van der Waals surface area contributed by atoms with Gasteiger partial charge in [0.1, 0.15) is 0 Å². The van der Waals surface area contributed by atoms with E-state index in [1.807, 2.05) is 0 Å². The summed E-state index contributed by atoms with van der Waals surface area (Å²) in [5.41, 5.74) is -0.388. The zero-order chi connectivity index (χ0) is 10.1. The zero-order valence-corrected chi connectivity index (χ0v) is 6.93. The Bertz CT molecular complexity index is 450. The van der Waals surface area contributed by atoms with Crippen LogP contribution in [0.3, 0.4) is 0 Å². The molecule has 0 aliphatic carbocycles. The molecule has 6 heteroatoms. The van der Waals surface area contributed by atoms with Crippen LogP contribution in [0.5, 0.6) is 0 Å². The number of aromatic nitrogens is 2. The van der Waals surface area contributed by atoms with Gasteiger partial charge in [-0.1, -0.05) is 0 Å².